The Balaban J connectivity index is 1.45. The molecule has 0 aliphatic carbocycles. The van der Waals surface area contributed by atoms with Crippen molar-refractivity contribution in [3.05, 3.63) is 84.5 Å². The molecule has 2 saturated heterocycles. The van der Waals surface area contributed by atoms with Crippen LogP contribution in [0.2, 0.25) is 0 Å². The Labute approximate surface area is 277 Å². The summed E-state index contributed by atoms with van der Waals surface area (Å²) in [6.45, 7) is 7.50. The van der Waals surface area contributed by atoms with Gasteiger partial charge in [-0.05, 0) is 56.0 Å². The fraction of sp³-hybridized carbons (Fsp3) is 0.500. The monoisotopic (exact) mass is 641 g/mol. The highest BCUT2D eigenvalue weighted by molar-refractivity contribution is 6.04. The lowest BCUT2D eigenvalue weighted by molar-refractivity contribution is -0.155. The summed E-state index contributed by atoms with van der Waals surface area (Å²) < 4.78 is 12.8. The van der Waals surface area contributed by atoms with Crippen molar-refractivity contribution in [2.24, 2.45) is 11.8 Å². The van der Waals surface area contributed by atoms with Crippen LogP contribution in [0.5, 0.6) is 5.75 Å². The number of aliphatic hydroxyl groups is 1. The summed E-state index contributed by atoms with van der Waals surface area (Å²) in [4.78, 5) is 49.7. The Hall–Kier alpha value is -3.95. The van der Waals surface area contributed by atoms with Crippen LogP contribution in [-0.2, 0) is 25.5 Å². The third-order valence-electron chi connectivity index (χ3n) is 10.4. The Morgan fingerprint density at radius 3 is 2.32 bits per heavy atom. The van der Waals surface area contributed by atoms with Crippen molar-refractivity contribution in [1.82, 2.24) is 9.80 Å². The van der Waals surface area contributed by atoms with Gasteiger partial charge in [0, 0.05) is 25.3 Å². The number of fused-ring (bicyclic) bond motifs is 2. The van der Waals surface area contributed by atoms with Gasteiger partial charge in [-0.25, -0.2) is 0 Å². The molecule has 1 unspecified atom stereocenters. The number of hydrogen-bond donors (Lipinski definition) is 1. The number of rotatable bonds is 12. The van der Waals surface area contributed by atoms with Crippen molar-refractivity contribution < 1.29 is 29.0 Å². The highest BCUT2D eigenvalue weighted by Crippen LogP contribution is 2.59. The smallest absolute Gasteiger partial charge is 0.249 e. The SMILES string of the molecule is CCCCCN1CC=C[C@]23O[C@@]4(CC)C=CCN(c5ccc(OCC)cc5)C(=O)[C@H]4[C@H]2C(=O)N([C@@H](CO)Cc2ccccc2)C3C1=O. The number of aliphatic hydroxyl groups excluding tert-OH is 1. The quantitative estimate of drug-likeness (QED) is 0.270. The topological polar surface area (TPSA) is 99.6 Å². The lowest BCUT2D eigenvalue weighted by atomic mass is 9.73. The zero-order chi connectivity index (χ0) is 33.2. The van der Waals surface area contributed by atoms with Crippen LogP contribution in [0.1, 0.15) is 52.0 Å². The molecule has 4 aliphatic rings. The van der Waals surface area contributed by atoms with Gasteiger partial charge in [0.15, 0.2) is 0 Å². The van der Waals surface area contributed by atoms with Crippen LogP contribution < -0.4 is 9.64 Å². The van der Waals surface area contributed by atoms with E-state index in [1.54, 1.807) is 9.80 Å². The van der Waals surface area contributed by atoms with Crippen LogP contribution in [-0.4, -0.2) is 88.8 Å². The van der Waals surface area contributed by atoms with Crippen LogP contribution in [0.4, 0.5) is 5.69 Å². The predicted octanol–water partition coefficient (Wildman–Crippen LogP) is 4.54. The van der Waals surface area contributed by atoms with E-state index in [-0.39, 0.29) is 24.3 Å². The normalized spacial score (nSPS) is 29.0. The molecule has 9 nitrogen and oxygen atoms in total. The van der Waals surface area contributed by atoms with Crippen molar-refractivity contribution >= 4 is 23.4 Å². The molecule has 6 atom stereocenters. The Kier molecular flexibility index (Phi) is 9.58. The molecule has 0 aromatic heterocycles. The Morgan fingerprint density at radius 2 is 1.64 bits per heavy atom. The van der Waals surface area contributed by atoms with Crippen molar-refractivity contribution in [3.8, 4) is 5.75 Å². The predicted molar refractivity (Wildman–Crippen MR) is 180 cm³/mol. The number of anilines is 1. The van der Waals surface area contributed by atoms with Crippen molar-refractivity contribution in [3.63, 3.8) is 0 Å². The maximum absolute atomic E-state index is 15.0. The first-order valence-corrected chi connectivity index (χ1v) is 17.2. The molecule has 4 aliphatic heterocycles. The number of nitrogens with zero attached hydrogens (tertiary/aromatic N) is 3. The standard InChI is InChI=1S/C38H47N3O6/c1-4-7-11-22-39-23-13-21-38-32(35(44)41(33(38)36(39)45)29(26-42)25-27-14-9-8-10-15-27)31-34(43)40(24-12-20-37(31,5-2)47-38)28-16-18-30(19-17-28)46-6-3/h8-10,12-21,29,31-33,42H,4-7,11,22-26H2,1-3H3/t29-,31-,32+,33?,37+,38+/m1/s1. The first-order chi connectivity index (χ1) is 22.8. The molecular formula is C38H47N3O6. The van der Waals surface area contributed by atoms with Crippen molar-refractivity contribution in [2.75, 3.05) is 37.7 Å². The highest BCUT2D eigenvalue weighted by Gasteiger charge is 2.76. The second-order valence-electron chi connectivity index (χ2n) is 13.1. The maximum atomic E-state index is 15.0. The van der Waals surface area contributed by atoms with E-state index < -0.39 is 35.1 Å². The number of benzene rings is 2. The first kappa shape index (κ1) is 33.0. The van der Waals surface area contributed by atoms with E-state index in [0.717, 1.165) is 24.8 Å². The van der Waals surface area contributed by atoms with Crippen LogP contribution in [0, 0.1) is 11.8 Å². The molecule has 6 rings (SSSR count). The number of carbonyl (C=O) groups excluding carboxylic acids is 3. The van der Waals surface area contributed by atoms with Gasteiger partial charge < -0.3 is 29.3 Å². The Bertz CT molecular complexity index is 1510. The number of hydrogen-bond acceptors (Lipinski definition) is 6. The van der Waals surface area contributed by atoms with Crippen LogP contribution in [0.25, 0.3) is 0 Å². The number of ether oxygens (including phenoxy) is 2. The third kappa shape index (κ3) is 5.67. The summed E-state index contributed by atoms with van der Waals surface area (Å²) in [5.74, 6) is -1.86. The average Bonchev–Trinajstić information content (AvgIpc) is 3.39. The minimum absolute atomic E-state index is 0.198. The summed E-state index contributed by atoms with van der Waals surface area (Å²) in [5, 5.41) is 10.8. The average molecular weight is 642 g/mol. The second-order valence-corrected chi connectivity index (χ2v) is 13.1. The summed E-state index contributed by atoms with van der Waals surface area (Å²) in [5.41, 5.74) is -0.819. The van der Waals surface area contributed by atoms with Gasteiger partial charge in [0.25, 0.3) is 0 Å². The second kappa shape index (κ2) is 13.6. The Morgan fingerprint density at radius 1 is 0.894 bits per heavy atom. The van der Waals surface area contributed by atoms with E-state index in [0.29, 0.717) is 50.5 Å². The van der Waals surface area contributed by atoms with Gasteiger partial charge >= 0.3 is 0 Å². The van der Waals surface area contributed by atoms with E-state index in [4.69, 9.17) is 9.47 Å². The van der Waals surface area contributed by atoms with Crippen LogP contribution in [0.15, 0.2) is 78.9 Å². The molecule has 250 valence electrons. The molecular weight excluding hydrogens is 594 g/mol. The lowest BCUT2D eigenvalue weighted by Crippen LogP contribution is -2.59. The molecule has 2 aromatic carbocycles. The highest BCUT2D eigenvalue weighted by atomic mass is 16.5. The zero-order valence-electron chi connectivity index (χ0n) is 27.7. The number of unbranched alkanes of at least 4 members (excludes halogenated alkanes) is 2. The molecule has 0 radical (unpaired) electrons. The fourth-order valence-electron chi connectivity index (χ4n) is 8.15. The van der Waals surface area contributed by atoms with Gasteiger partial charge in [-0.15, -0.1) is 0 Å². The molecule has 0 bridgehead atoms. The molecule has 1 spiro atoms. The van der Waals surface area contributed by atoms with Crippen LogP contribution in [0.3, 0.4) is 0 Å². The van der Waals surface area contributed by atoms with E-state index in [9.17, 15) is 14.7 Å². The maximum Gasteiger partial charge on any atom is 0.249 e. The summed E-state index contributed by atoms with van der Waals surface area (Å²) in [6.07, 6.45) is 11.4. The van der Waals surface area contributed by atoms with E-state index in [2.05, 4.69) is 6.92 Å². The minimum atomic E-state index is -1.37. The fourth-order valence-corrected chi connectivity index (χ4v) is 8.15. The third-order valence-corrected chi connectivity index (χ3v) is 10.4. The number of likely N-dealkylation sites (tertiary alicyclic amines) is 1. The lowest BCUT2D eigenvalue weighted by Gasteiger charge is -2.41. The van der Waals surface area contributed by atoms with Gasteiger partial charge in [0.1, 0.15) is 17.4 Å². The number of amides is 3. The molecule has 3 amide bonds. The largest absolute Gasteiger partial charge is 0.494 e. The molecule has 2 aromatic rings. The zero-order valence-corrected chi connectivity index (χ0v) is 27.7. The van der Waals surface area contributed by atoms with E-state index >= 15 is 4.79 Å². The van der Waals surface area contributed by atoms with Crippen molar-refractivity contribution in [1.29, 1.82) is 0 Å². The van der Waals surface area contributed by atoms with E-state index in [1.807, 2.05) is 97.6 Å². The van der Waals surface area contributed by atoms with Crippen LogP contribution >= 0.6 is 0 Å². The van der Waals surface area contributed by atoms with Gasteiger partial charge in [0.05, 0.1) is 36.7 Å². The van der Waals surface area contributed by atoms with Gasteiger partial charge in [-0.2, -0.15) is 0 Å². The van der Waals surface area contributed by atoms with Gasteiger partial charge in [-0.1, -0.05) is 81.3 Å². The van der Waals surface area contributed by atoms with Gasteiger partial charge in [0.2, 0.25) is 17.7 Å². The van der Waals surface area contributed by atoms with E-state index in [1.165, 1.54) is 0 Å². The molecule has 47 heavy (non-hydrogen) atoms. The van der Waals surface area contributed by atoms with Crippen molar-refractivity contribution in [2.45, 2.75) is 76.2 Å². The summed E-state index contributed by atoms with van der Waals surface area (Å²) in [7, 11) is 0. The van der Waals surface area contributed by atoms with Gasteiger partial charge in [-0.3, -0.25) is 14.4 Å². The molecule has 0 saturated carbocycles. The molecule has 4 heterocycles. The molecule has 1 N–H and O–H groups in total. The minimum Gasteiger partial charge on any atom is -0.494 e. The summed E-state index contributed by atoms with van der Waals surface area (Å²) in [6, 6.07) is 15.4. The first-order valence-electron chi connectivity index (χ1n) is 17.2. The molecule has 9 heteroatoms. The molecule has 2 fully saturated rings. The summed E-state index contributed by atoms with van der Waals surface area (Å²) >= 11 is 0. The number of carbonyl (C=O) groups is 3.